The molecule has 20 heavy (non-hydrogen) atoms. The van der Waals surface area contributed by atoms with Gasteiger partial charge in [-0.3, -0.25) is 10.1 Å². The predicted molar refractivity (Wildman–Crippen MR) is 72.2 cm³/mol. The maximum absolute atomic E-state index is 11.2. The first-order chi connectivity index (χ1) is 9.29. The van der Waals surface area contributed by atoms with Crippen molar-refractivity contribution in [2.45, 2.75) is 18.5 Å². The molecular weight excluding hydrogens is 306 g/mol. The van der Waals surface area contributed by atoms with Crippen molar-refractivity contribution in [3.8, 4) is 0 Å². The molecule has 0 amide bonds. The molecule has 9 heteroatoms. The van der Waals surface area contributed by atoms with Crippen molar-refractivity contribution in [2.24, 2.45) is 0 Å². The molecule has 0 bridgehead atoms. The van der Waals surface area contributed by atoms with E-state index in [0.717, 1.165) is 0 Å². The van der Waals surface area contributed by atoms with Crippen LogP contribution in [-0.4, -0.2) is 22.9 Å². The van der Waals surface area contributed by atoms with Gasteiger partial charge in [-0.1, -0.05) is 18.2 Å². The molecule has 0 unspecified atom stereocenters. The van der Waals surface area contributed by atoms with E-state index >= 15 is 0 Å². The van der Waals surface area contributed by atoms with Crippen LogP contribution < -0.4 is 0 Å². The molecule has 106 valence electrons. The molecule has 0 aliphatic carbocycles. The number of rotatable bonds is 4. The maximum Gasteiger partial charge on any atom is 0.280 e. The molecule has 7 nitrogen and oxygen atoms in total. The lowest BCUT2D eigenvalue weighted by Gasteiger charge is -2.05. The van der Waals surface area contributed by atoms with Crippen molar-refractivity contribution in [3.05, 3.63) is 52.0 Å². The summed E-state index contributed by atoms with van der Waals surface area (Å²) in [7, 11) is 1.30. The van der Waals surface area contributed by atoms with Gasteiger partial charge in [0.1, 0.15) is 5.82 Å². The lowest BCUT2D eigenvalue weighted by molar-refractivity contribution is -0.385. The minimum atomic E-state index is -3.92. The predicted octanol–water partition coefficient (Wildman–Crippen LogP) is 2.08. The molecule has 0 fully saturated rings. The van der Waals surface area contributed by atoms with E-state index in [9.17, 15) is 18.5 Å². The Morgan fingerprint density at radius 1 is 1.40 bits per heavy atom. The maximum atomic E-state index is 11.2. The van der Waals surface area contributed by atoms with Crippen LogP contribution in [-0.2, 0) is 15.6 Å². The first kappa shape index (κ1) is 14.5. The Morgan fingerprint density at radius 2 is 2.05 bits per heavy atom. The third-order valence-electron chi connectivity index (χ3n) is 2.73. The second-order valence-corrected chi connectivity index (χ2v) is 6.59. The quantitative estimate of drug-likeness (QED) is 0.489. The van der Waals surface area contributed by atoms with Crippen molar-refractivity contribution in [3.63, 3.8) is 0 Å². The van der Waals surface area contributed by atoms with E-state index in [0.29, 0.717) is 11.4 Å². The van der Waals surface area contributed by atoms with E-state index in [2.05, 4.69) is 4.98 Å². The van der Waals surface area contributed by atoms with E-state index < -0.39 is 14.0 Å². The Bertz CT molecular complexity index is 770. The molecule has 0 saturated heterocycles. The lowest BCUT2D eigenvalue weighted by atomic mass is 10.2. The first-order valence-electron chi connectivity index (χ1n) is 5.50. The van der Waals surface area contributed by atoms with Crippen LogP contribution in [0, 0.1) is 17.0 Å². The van der Waals surface area contributed by atoms with Gasteiger partial charge in [0.05, 0.1) is 11.5 Å². The molecule has 1 aromatic heterocycles. The standard InChI is InChI=1S/C11H10ClN3O4S/c1-8-13-11(20(12,18)19)7-14(8)6-9-4-2-3-5-10(9)15(16)17/h2-5,7H,6H2,1H3. The molecule has 1 aromatic carbocycles. The van der Waals surface area contributed by atoms with Gasteiger partial charge in [-0.05, 0) is 6.92 Å². The van der Waals surface area contributed by atoms with Gasteiger partial charge in [0.15, 0.2) is 5.03 Å². The number of imidazole rings is 1. The second kappa shape index (κ2) is 5.22. The van der Waals surface area contributed by atoms with Crippen LogP contribution in [0.2, 0.25) is 0 Å². The number of hydrogen-bond donors (Lipinski definition) is 0. The summed E-state index contributed by atoms with van der Waals surface area (Å²) in [6.45, 7) is 1.74. The van der Waals surface area contributed by atoms with Gasteiger partial charge in [-0.2, -0.15) is 0 Å². The summed E-state index contributed by atoms with van der Waals surface area (Å²) in [4.78, 5) is 14.3. The molecular formula is C11H10ClN3O4S. The fourth-order valence-electron chi connectivity index (χ4n) is 1.76. The summed E-state index contributed by atoms with van der Waals surface area (Å²) in [5.74, 6) is 0.405. The number of nitro benzene ring substituents is 1. The number of nitro groups is 1. The number of aromatic nitrogens is 2. The van der Waals surface area contributed by atoms with Crippen LogP contribution in [0.25, 0.3) is 0 Å². The number of benzene rings is 1. The van der Waals surface area contributed by atoms with Crippen molar-refractivity contribution >= 4 is 25.4 Å². The average Bonchev–Trinajstić information content (AvgIpc) is 2.71. The van der Waals surface area contributed by atoms with Gasteiger partial charge in [-0.25, -0.2) is 13.4 Å². The number of aryl methyl sites for hydroxylation is 1. The zero-order valence-corrected chi connectivity index (χ0v) is 11.9. The Hall–Kier alpha value is -1.93. The molecule has 0 saturated carbocycles. The van der Waals surface area contributed by atoms with Crippen molar-refractivity contribution in [1.82, 2.24) is 9.55 Å². The highest BCUT2D eigenvalue weighted by molar-refractivity contribution is 8.13. The minimum Gasteiger partial charge on any atom is -0.329 e. The highest BCUT2D eigenvalue weighted by Gasteiger charge is 2.18. The number of hydrogen-bond acceptors (Lipinski definition) is 5. The van der Waals surface area contributed by atoms with Gasteiger partial charge in [-0.15, -0.1) is 0 Å². The SMILES string of the molecule is Cc1nc(S(=O)(=O)Cl)cn1Cc1ccccc1[N+](=O)[O-]. The molecule has 0 aliphatic heterocycles. The zero-order chi connectivity index (χ0) is 14.9. The molecule has 2 aromatic rings. The molecule has 2 rings (SSSR count). The largest absolute Gasteiger partial charge is 0.329 e. The normalized spacial score (nSPS) is 11.5. The monoisotopic (exact) mass is 315 g/mol. The number of para-hydroxylation sites is 1. The van der Waals surface area contributed by atoms with Crippen molar-refractivity contribution in [1.29, 1.82) is 0 Å². The molecule has 0 N–H and O–H groups in total. The summed E-state index contributed by atoms with van der Waals surface area (Å²) in [5.41, 5.74) is 0.424. The summed E-state index contributed by atoms with van der Waals surface area (Å²) < 4.78 is 23.9. The lowest BCUT2D eigenvalue weighted by Crippen LogP contribution is -2.03. The fourth-order valence-corrected chi connectivity index (χ4v) is 2.48. The summed E-state index contributed by atoms with van der Waals surface area (Å²) >= 11 is 0. The van der Waals surface area contributed by atoms with Crippen molar-refractivity contribution in [2.75, 3.05) is 0 Å². The number of halogens is 1. The molecule has 0 radical (unpaired) electrons. The van der Waals surface area contributed by atoms with E-state index in [4.69, 9.17) is 10.7 Å². The van der Waals surface area contributed by atoms with Crippen LogP contribution in [0.3, 0.4) is 0 Å². The topological polar surface area (TPSA) is 95.1 Å². The van der Waals surface area contributed by atoms with Crippen molar-refractivity contribution < 1.29 is 13.3 Å². The Labute approximate surface area is 119 Å². The zero-order valence-electron chi connectivity index (χ0n) is 10.4. The van der Waals surface area contributed by atoms with Gasteiger partial charge >= 0.3 is 0 Å². The minimum absolute atomic E-state index is 0.0316. The molecule has 0 spiro atoms. The van der Waals surface area contributed by atoms with Crippen LogP contribution in [0.4, 0.5) is 5.69 Å². The third kappa shape index (κ3) is 2.97. The first-order valence-corrected chi connectivity index (χ1v) is 7.80. The van der Waals surface area contributed by atoms with E-state index in [-0.39, 0.29) is 17.3 Å². The Balaban J connectivity index is 2.41. The van der Waals surface area contributed by atoms with Crippen LogP contribution >= 0.6 is 10.7 Å². The fraction of sp³-hybridized carbons (Fsp3) is 0.182. The Kier molecular flexibility index (Phi) is 3.78. The molecule has 0 atom stereocenters. The molecule has 0 aliphatic rings. The highest BCUT2D eigenvalue weighted by Crippen LogP contribution is 2.21. The van der Waals surface area contributed by atoms with Crippen LogP contribution in [0.5, 0.6) is 0 Å². The third-order valence-corrected chi connectivity index (χ3v) is 3.90. The Morgan fingerprint density at radius 3 is 2.60 bits per heavy atom. The summed E-state index contributed by atoms with van der Waals surface area (Å²) in [6.07, 6.45) is 1.26. The summed E-state index contributed by atoms with van der Waals surface area (Å²) in [6, 6.07) is 6.23. The second-order valence-electron chi connectivity index (χ2n) is 4.08. The van der Waals surface area contributed by atoms with E-state index in [1.807, 2.05) is 0 Å². The highest BCUT2D eigenvalue weighted by atomic mass is 35.7. The smallest absolute Gasteiger partial charge is 0.280 e. The van der Waals surface area contributed by atoms with E-state index in [1.54, 1.807) is 25.1 Å². The van der Waals surface area contributed by atoms with Gasteiger partial charge in [0, 0.05) is 28.5 Å². The van der Waals surface area contributed by atoms with E-state index in [1.165, 1.54) is 16.8 Å². The van der Waals surface area contributed by atoms with Gasteiger partial charge in [0.25, 0.3) is 14.7 Å². The van der Waals surface area contributed by atoms with Gasteiger partial charge < -0.3 is 4.57 Å². The summed E-state index contributed by atoms with van der Waals surface area (Å²) in [5, 5.41) is 10.7. The number of nitrogens with zero attached hydrogens (tertiary/aromatic N) is 3. The average molecular weight is 316 g/mol. The van der Waals surface area contributed by atoms with Gasteiger partial charge in [0.2, 0.25) is 0 Å². The van der Waals surface area contributed by atoms with Crippen LogP contribution in [0.1, 0.15) is 11.4 Å². The van der Waals surface area contributed by atoms with Crippen LogP contribution in [0.15, 0.2) is 35.5 Å². The molecule has 1 heterocycles.